The van der Waals surface area contributed by atoms with Crippen molar-refractivity contribution in [1.82, 2.24) is 0 Å². The zero-order chi connectivity index (χ0) is 13.8. The van der Waals surface area contributed by atoms with Crippen LogP contribution in [0.2, 0.25) is 0 Å². The molecule has 1 aromatic rings. The van der Waals surface area contributed by atoms with Crippen molar-refractivity contribution in [1.29, 1.82) is 0 Å². The van der Waals surface area contributed by atoms with Crippen LogP contribution < -0.4 is 10.6 Å². The molecular weight excluding hydrogens is 244 g/mol. The second kappa shape index (κ2) is 6.62. The summed E-state index contributed by atoms with van der Waals surface area (Å²) in [6.07, 6.45) is 11.0. The van der Waals surface area contributed by atoms with Crippen LogP contribution in [0.5, 0.6) is 0 Å². The normalized spacial score (nSPS) is 24.2. The Hall–Kier alpha value is -1.02. The number of anilines is 1. The summed E-state index contributed by atoms with van der Waals surface area (Å²) < 4.78 is 0. The largest absolute Gasteiger partial charge is 0.368 e. The van der Waals surface area contributed by atoms with E-state index in [4.69, 9.17) is 5.73 Å². The van der Waals surface area contributed by atoms with Gasteiger partial charge in [0.15, 0.2) is 0 Å². The number of hydrogen-bond acceptors (Lipinski definition) is 2. The average Bonchev–Trinajstić information content (AvgIpc) is 2.79. The van der Waals surface area contributed by atoms with Gasteiger partial charge in [0.1, 0.15) is 0 Å². The van der Waals surface area contributed by atoms with Crippen molar-refractivity contribution < 1.29 is 0 Å². The highest BCUT2D eigenvalue weighted by atomic mass is 15.2. The van der Waals surface area contributed by atoms with Gasteiger partial charge in [-0.2, -0.15) is 0 Å². The summed E-state index contributed by atoms with van der Waals surface area (Å²) in [7, 11) is 0. The van der Waals surface area contributed by atoms with Gasteiger partial charge in [-0.3, -0.25) is 0 Å². The third kappa shape index (κ3) is 2.85. The van der Waals surface area contributed by atoms with Crippen molar-refractivity contribution in [3.8, 4) is 0 Å². The molecule has 0 saturated heterocycles. The molecular formula is C18H28N2. The fraction of sp³-hybridized carbons (Fsp3) is 0.667. The molecule has 2 N–H and O–H groups in total. The summed E-state index contributed by atoms with van der Waals surface area (Å²) in [5, 5.41) is 0. The lowest BCUT2D eigenvalue weighted by molar-refractivity contribution is 0.428. The van der Waals surface area contributed by atoms with Crippen LogP contribution in [0.3, 0.4) is 0 Å². The van der Waals surface area contributed by atoms with E-state index in [1.54, 1.807) is 5.56 Å². The highest BCUT2D eigenvalue weighted by Crippen LogP contribution is 2.40. The summed E-state index contributed by atoms with van der Waals surface area (Å²) in [5.74, 6) is 0.654. The number of para-hydroxylation sites is 1. The van der Waals surface area contributed by atoms with Crippen molar-refractivity contribution in [3.05, 3.63) is 29.8 Å². The van der Waals surface area contributed by atoms with Crippen LogP contribution in [-0.2, 0) is 0 Å². The Balaban J connectivity index is 1.79. The van der Waals surface area contributed by atoms with Crippen LogP contribution in [0.1, 0.15) is 62.8 Å². The third-order valence-corrected chi connectivity index (χ3v) is 5.13. The molecule has 1 aliphatic heterocycles. The van der Waals surface area contributed by atoms with Crippen molar-refractivity contribution >= 4 is 5.69 Å². The topological polar surface area (TPSA) is 29.3 Å². The molecule has 3 rings (SSSR count). The molecule has 1 atom stereocenters. The number of fused-ring (bicyclic) bond motifs is 1. The Labute approximate surface area is 123 Å². The minimum atomic E-state index is 0.654. The second-order valence-corrected chi connectivity index (χ2v) is 6.48. The molecule has 1 heterocycles. The summed E-state index contributed by atoms with van der Waals surface area (Å²) in [4.78, 5) is 2.71. The summed E-state index contributed by atoms with van der Waals surface area (Å²) in [6, 6.07) is 9.78. The number of benzene rings is 1. The van der Waals surface area contributed by atoms with Crippen LogP contribution in [0.4, 0.5) is 5.69 Å². The van der Waals surface area contributed by atoms with E-state index in [0.29, 0.717) is 5.92 Å². The fourth-order valence-corrected chi connectivity index (χ4v) is 4.07. The Morgan fingerprint density at radius 1 is 1.00 bits per heavy atom. The number of hydrogen-bond donors (Lipinski definition) is 1. The molecule has 2 heteroatoms. The first-order valence-electron chi connectivity index (χ1n) is 8.46. The van der Waals surface area contributed by atoms with E-state index in [-0.39, 0.29) is 0 Å². The Bertz CT molecular complexity index is 421. The van der Waals surface area contributed by atoms with Gasteiger partial charge in [-0.1, -0.05) is 50.3 Å². The lowest BCUT2D eigenvalue weighted by Gasteiger charge is -2.32. The van der Waals surface area contributed by atoms with Gasteiger partial charge in [-0.15, -0.1) is 0 Å². The van der Waals surface area contributed by atoms with E-state index < -0.39 is 0 Å². The molecule has 0 spiro atoms. The molecule has 0 amide bonds. The van der Waals surface area contributed by atoms with Crippen molar-refractivity contribution in [3.63, 3.8) is 0 Å². The van der Waals surface area contributed by atoms with Crippen molar-refractivity contribution in [2.75, 3.05) is 18.0 Å². The van der Waals surface area contributed by atoms with Gasteiger partial charge in [0.2, 0.25) is 0 Å². The van der Waals surface area contributed by atoms with Gasteiger partial charge >= 0.3 is 0 Å². The maximum Gasteiger partial charge on any atom is 0.0405 e. The Morgan fingerprint density at radius 3 is 2.45 bits per heavy atom. The highest BCUT2D eigenvalue weighted by molar-refractivity contribution is 5.60. The van der Waals surface area contributed by atoms with Gasteiger partial charge in [0, 0.05) is 24.2 Å². The standard InChI is InChI=1S/C18H28N2/c19-13-12-15-14-20(18-11-7-6-10-17(15)18)16-8-4-2-1-3-5-9-16/h6-7,10-11,15-16H,1-5,8-9,12-14,19H2. The SMILES string of the molecule is NCCC1CN(C2CCCCCCC2)c2ccccc21. The number of nitrogens with two attached hydrogens (primary N) is 1. The van der Waals surface area contributed by atoms with Gasteiger partial charge in [0.05, 0.1) is 0 Å². The lowest BCUT2D eigenvalue weighted by atomic mass is 9.95. The molecule has 2 aliphatic rings. The van der Waals surface area contributed by atoms with E-state index in [0.717, 1.165) is 19.0 Å². The number of rotatable bonds is 3. The summed E-state index contributed by atoms with van der Waals surface area (Å²) >= 11 is 0. The minimum Gasteiger partial charge on any atom is -0.368 e. The minimum absolute atomic E-state index is 0.654. The molecule has 2 nitrogen and oxygen atoms in total. The van der Waals surface area contributed by atoms with E-state index in [1.807, 2.05) is 0 Å². The van der Waals surface area contributed by atoms with Crippen molar-refractivity contribution in [2.45, 2.75) is 63.3 Å². The van der Waals surface area contributed by atoms with E-state index in [9.17, 15) is 0 Å². The Morgan fingerprint density at radius 2 is 1.70 bits per heavy atom. The monoisotopic (exact) mass is 272 g/mol. The molecule has 0 aromatic heterocycles. The van der Waals surface area contributed by atoms with Crippen LogP contribution in [0.25, 0.3) is 0 Å². The second-order valence-electron chi connectivity index (χ2n) is 6.48. The van der Waals surface area contributed by atoms with E-state index in [1.165, 1.54) is 57.2 Å². The molecule has 0 bridgehead atoms. The first kappa shape index (κ1) is 13.9. The molecule has 1 aliphatic carbocycles. The molecule has 0 radical (unpaired) electrons. The van der Waals surface area contributed by atoms with Gasteiger partial charge in [-0.25, -0.2) is 0 Å². The van der Waals surface area contributed by atoms with E-state index >= 15 is 0 Å². The first-order chi connectivity index (χ1) is 9.90. The van der Waals surface area contributed by atoms with Gasteiger partial charge < -0.3 is 10.6 Å². The van der Waals surface area contributed by atoms with Gasteiger partial charge in [-0.05, 0) is 37.4 Å². The predicted octanol–water partition coefficient (Wildman–Crippen LogP) is 4.05. The first-order valence-corrected chi connectivity index (χ1v) is 8.46. The average molecular weight is 272 g/mol. The molecule has 1 unspecified atom stereocenters. The molecule has 20 heavy (non-hydrogen) atoms. The van der Waals surface area contributed by atoms with Crippen molar-refractivity contribution in [2.24, 2.45) is 5.73 Å². The smallest absolute Gasteiger partial charge is 0.0405 e. The van der Waals surface area contributed by atoms with Crippen LogP contribution in [0.15, 0.2) is 24.3 Å². The molecule has 1 aromatic carbocycles. The Kier molecular flexibility index (Phi) is 4.62. The maximum absolute atomic E-state index is 5.82. The highest BCUT2D eigenvalue weighted by Gasteiger charge is 2.31. The zero-order valence-corrected chi connectivity index (χ0v) is 12.6. The predicted molar refractivity (Wildman–Crippen MR) is 86.3 cm³/mol. The van der Waals surface area contributed by atoms with Crippen LogP contribution >= 0.6 is 0 Å². The fourth-order valence-electron chi connectivity index (χ4n) is 4.07. The summed E-state index contributed by atoms with van der Waals surface area (Å²) in [6.45, 7) is 2.00. The lowest BCUT2D eigenvalue weighted by Crippen LogP contribution is -2.35. The van der Waals surface area contributed by atoms with Gasteiger partial charge in [0.25, 0.3) is 0 Å². The third-order valence-electron chi connectivity index (χ3n) is 5.13. The molecule has 1 saturated carbocycles. The summed E-state index contributed by atoms with van der Waals surface area (Å²) in [5.41, 5.74) is 8.85. The quantitative estimate of drug-likeness (QED) is 0.899. The van der Waals surface area contributed by atoms with Crippen LogP contribution in [0, 0.1) is 0 Å². The molecule has 1 fully saturated rings. The zero-order valence-electron chi connectivity index (χ0n) is 12.6. The van der Waals surface area contributed by atoms with Crippen LogP contribution in [-0.4, -0.2) is 19.1 Å². The van der Waals surface area contributed by atoms with E-state index in [2.05, 4.69) is 29.2 Å². The molecule has 110 valence electrons. The number of nitrogens with zero attached hydrogens (tertiary/aromatic N) is 1. The maximum atomic E-state index is 5.82.